The molecule has 3 aromatic rings. The number of guanidine groups is 1. The number of hydrogen-bond donors (Lipinski definition) is 3. The van der Waals surface area contributed by atoms with Crippen molar-refractivity contribution in [2.45, 2.75) is 69.5 Å². The maximum Gasteiger partial charge on any atom is 0.326 e. The van der Waals surface area contributed by atoms with Gasteiger partial charge in [0, 0.05) is 64.8 Å². The van der Waals surface area contributed by atoms with Crippen molar-refractivity contribution in [1.29, 1.82) is 5.26 Å². The van der Waals surface area contributed by atoms with Crippen LogP contribution in [0.1, 0.15) is 50.5 Å². The van der Waals surface area contributed by atoms with Gasteiger partial charge in [-0.05, 0) is 113 Å². The summed E-state index contributed by atoms with van der Waals surface area (Å²) in [6, 6.07) is 19.3. The van der Waals surface area contributed by atoms with E-state index in [0.717, 1.165) is 62.9 Å². The Hall–Kier alpha value is -4.12. The molecular formula is C39H45Br2N9O2. The van der Waals surface area contributed by atoms with Gasteiger partial charge in [-0.1, -0.05) is 42.8 Å². The van der Waals surface area contributed by atoms with Gasteiger partial charge in [-0.15, -0.1) is 0 Å². The highest BCUT2D eigenvalue weighted by atomic mass is 79.9. The van der Waals surface area contributed by atoms with Crippen molar-refractivity contribution in [3.05, 3.63) is 75.2 Å². The first-order chi connectivity index (χ1) is 25.3. The van der Waals surface area contributed by atoms with Gasteiger partial charge in [0.25, 0.3) is 0 Å². The first-order valence-corrected chi connectivity index (χ1v) is 19.9. The molecule has 7 rings (SSSR count). The van der Waals surface area contributed by atoms with Crippen LogP contribution in [0.4, 0.5) is 21.9 Å². The van der Waals surface area contributed by atoms with Crippen LogP contribution in [-0.4, -0.2) is 90.0 Å². The van der Waals surface area contributed by atoms with Crippen LogP contribution in [-0.2, 0) is 11.2 Å². The van der Waals surface area contributed by atoms with E-state index in [1.807, 2.05) is 69.3 Å². The number of nitrogens with zero attached hydrogens (tertiary/aromatic N) is 6. The molecule has 0 spiro atoms. The molecule has 0 aromatic heterocycles. The van der Waals surface area contributed by atoms with Crippen LogP contribution in [0.25, 0.3) is 11.1 Å². The molecule has 4 heterocycles. The summed E-state index contributed by atoms with van der Waals surface area (Å²) in [6.07, 6.45) is 9.45. The minimum Gasteiger partial charge on any atom is -0.397 e. The molecule has 3 aromatic carbocycles. The molecule has 3 saturated heterocycles. The SMILES string of the molecule is N#CNC(=N[C@H](Cc1cc(Br)c(N)c(Br)c1)C(=O)N1CCC(N2CCCCC2)CC1)N1CCC(N2C(=O)Nc3ccccc3-c3ccccc32)CC1. The fraction of sp³-hybridized carbons (Fsp3) is 0.436. The van der Waals surface area contributed by atoms with Gasteiger partial charge in [-0.25, -0.2) is 9.79 Å². The Balaban J connectivity index is 1.11. The number of carbonyl (C=O) groups excluding carboxylic acids is 2. The molecule has 0 unspecified atom stereocenters. The van der Waals surface area contributed by atoms with Crippen LogP contribution in [0.3, 0.4) is 0 Å². The van der Waals surface area contributed by atoms with Crippen molar-refractivity contribution in [2.75, 3.05) is 55.2 Å². The predicted octanol–water partition coefficient (Wildman–Crippen LogP) is 6.79. The van der Waals surface area contributed by atoms with Gasteiger partial charge in [-0.3, -0.25) is 15.0 Å². The Labute approximate surface area is 322 Å². The number of carbonyl (C=O) groups is 2. The Morgan fingerprint density at radius 3 is 2.19 bits per heavy atom. The Kier molecular flexibility index (Phi) is 11.3. The molecule has 11 nitrogen and oxygen atoms in total. The van der Waals surface area contributed by atoms with E-state index in [4.69, 9.17) is 10.7 Å². The van der Waals surface area contributed by atoms with E-state index in [2.05, 4.69) is 59.7 Å². The van der Waals surface area contributed by atoms with Gasteiger partial charge in [0.2, 0.25) is 11.9 Å². The molecule has 272 valence electrons. The fourth-order valence-electron chi connectivity index (χ4n) is 8.22. The lowest BCUT2D eigenvalue weighted by molar-refractivity contribution is -0.134. The van der Waals surface area contributed by atoms with Crippen molar-refractivity contribution >= 4 is 66.8 Å². The number of para-hydroxylation sites is 2. The zero-order valence-electron chi connectivity index (χ0n) is 29.2. The molecule has 3 amide bonds. The number of nitrogens with one attached hydrogen (secondary N) is 2. The van der Waals surface area contributed by atoms with Gasteiger partial charge in [-0.2, -0.15) is 5.26 Å². The van der Waals surface area contributed by atoms with E-state index in [-0.39, 0.29) is 18.0 Å². The molecule has 52 heavy (non-hydrogen) atoms. The lowest BCUT2D eigenvalue weighted by Crippen LogP contribution is -2.53. The number of benzene rings is 3. The summed E-state index contributed by atoms with van der Waals surface area (Å²) in [5.41, 5.74) is 11.4. The van der Waals surface area contributed by atoms with Crippen LogP contribution in [0.5, 0.6) is 0 Å². The maximum absolute atomic E-state index is 14.4. The number of aliphatic imine (C=N–C) groups is 1. The van der Waals surface area contributed by atoms with Crippen molar-refractivity contribution in [2.24, 2.45) is 4.99 Å². The summed E-state index contributed by atoms with van der Waals surface area (Å²) < 4.78 is 1.49. The number of rotatable bonds is 6. The van der Waals surface area contributed by atoms with E-state index in [1.165, 1.54) is 19.3 Å². The second-order valence-electron chi connectivity index (χ2n) is 14.1. The first kappa shape index (κ1) is 36.2. The maximum atomic E-state index is 14.4. The number of nitrogen functional groups attached to an aromatic ring is 1. The summed E-state index contributed by atoms with van der Waals surface area (Å²) >= 11 is 7.12. The van der Waals surface area contributed by atoms with Crippen LogP contribution in [0.2, 0.25) is 0 Å². The van der Waals surface area contributed by atoms with Crippen LogP contribution < -0.4 is 21.3 Å². The highest BCUT2D eigenvalue weighted by molar-refractivity contribution is 9.11. The number of fused-ring (bicyclic) bond motifs is 3. The van der Waals surface area contributed by atoms with E-state index in [1.54, 1.807) is 0 Å². The number of halogens is 2. The molecule has 0 bridgehead atoms. The Morgan fingerprint density at radius 1 is 0.885 bits per heavy atom. The highest BCUT2D eigenvalue weighted by Crippen LogP contribution is 2.40. The lowest BCUT2D eigenvalue weighted by Gasteiger charge is -2.41. The van der Waals surface area contributed by atoms with E-state index in [9.17, 15) is 14.9 Å². The number of nitrogens with two attached hydrogens (primary N) is 1. The molecule has 0 saturated carbocycles. The third-order valence-electron chi connectivity index (χ3n) is 11.0. The van der Waals surface area contributed by atoms with Gasteiger partial charge < -0.3 is 25.8 Å². The summed E-state index contributed by atoms with van der Waals surface area (Å²) in [6.45, 7) is 4.79. The third kappa shape index (κ3) is 7.80. The minimum absolute atomic E-state index is 0.0364. The zero-order valence-corrected chi connectivity index (χ0v) is 32.4. The number of hydrogen-bond acceptors (Lipinski definition) is 6. The summed E-state index contributed by atoms with van der Waals surface area (Å²) in [5.74, 6) is 0.343. The molecule has 13 heteroatoms. The second-order valence-corrected chi connectivity index (χ2v) is 15.8. The molecule has 0 radical (unpaired) electrons. The highest BCUT2D eigenvalue weighted by Gasteiger charge is 2.36. The summed E-state index contributed by atoms with van der Waals surface area (Å²) in [5, 5.41) is 15.8. The number of urea groups is 1. The fourth-order valence-corrected chi connectivity index (χ4v) is 9.51. The predicted molar refractivity (Wildman–Crippen MR) is 213 cm³/mol. The minimum atomic E-state index is -0.746. The third-order valence-corrected chi connectivity index (χ3v) is 12.3. The number of nitriles is 1. The molecule has 4 aliphatic rings. The van der Waals surface area contributed by atoms with E-state index in [0.29, 0.717) is 63.1 Å². The van der Waals surface area contributed by atoms with Gasteiger partial charge in [0.1, 0.15) is 6.04 Å². The Morgan fingerprint density at radius 2 is 1.50 bits per heavy atom. The average Bonchev–Trinajstić information content (AvgIpc) is 3.30. The number of piperidine rings is 3. The second kappa shape index (κ2) is 16.3. The number of anilines is 3. The monoisotopic (exact) mass is 829 g/mol. The molecule has 1 atom stereocenters. The largest absolute Gasteiger partial charge is 0.397 e. The van der Waals surface area contributed by atoms with Crippen LogP contribution in [0, 0.1) is 11.5 Å². The van der Waals surface area contributed by atoms with Crippen molar-refractivity contribution in [3.63, 3.8) is 0 Å². The Bertz CT molecular complexity index is 1840. The summed E-state index contributed by atoms with van der Waals surface area (Å²) in [7, 11) is 0. The van der Waals surface area contributed by atoms with Crippen LogP contribution >= 0.6 is 31.9 Å². The summed E-state index contributed by atoms with van der Waals surface area (Å²) in [4.78, 5) is 41.6. The van der Waals surface area contributed by atoms with Gasteiger partial charge in [0.15, 0.2) is 6.19 Å². The molecular weight excluding hydrogens is 786 g/mol. The van der Waals surface area contributed by atoms with Crippen LogP contribution in [0.15, 0.2) is 74.6 Å². The van der Waals surface area contributed by atoms with Crippen molar-refractivity contribution in [1.82, 2.24) is 20.0 Å². The number of likely N-dealkylation sites (tertiary alicyclic amines) is 3. The van der Waals surface area contributed by atoms with E-state index >= 15 is 0 Å². The molecule has 4 N–H and O–H groups in total. The normalized spacial score (nSPS) is 19.6. The zero-order chi connectivity index (χ0) is 36.2. The van der Waals surface area contributed by atoms with Crippen molar-refractivity contribution < 1.29 is 9.59 Å². The number of amides is 3. The van der Waals surface area contributed by atoms with Gasteiger partial charge >= 0.3 is 6.03 Å². The molecule has 0 aliphatic carbocycles. The molecule has 3 fully saturated rings. The average molecular weight is 832 g/mol. The molecule has 4 aliphatic heterocycles. The van der Waals surface area contributed by atoms with E-state index < -0.39 is 6.04 Å². The van der Waals surface area contributed by atoms with Gasteiger partial charge in [0.05, 0.1) is 17.1 Å². The quantitative estimate of drug-likeness (QED) is 0.0820. The smallest absolute Gasteiger partial charge is 0.326 e. The first-order valence-electron chi connectivity index (χ1n) is 18.3. The lowest BCUT2D eigenvalue weighted by atomic mass is 9.98. The standard InChI is InChI=1S/C39H45Br2N9O2/c40-31-22-26(23-32(41)36(31)43)24-34(37(51)48-18-12-27(13-19-48)47-16-6-1-7-17-47)45-38(44-25-42)49-20-14-28(15-21-49)50-35-11-5-3-9-30(35)29-8-2-4-10-33(29)46-39(50)52/h2-5,8-11,22-23,27-28,34H,1,6-7,12-21,24,43H2,(H,44,45)(H,46,52)/t34-/m1/s1. The topological polar surface area (TPSA) is 133 Å². The van der Waals surface area contributed by atoms with Crippen molar-refractivity contribution in [3.8, 4) is 17.3 Å².